The van der Waals surface area contributed by atoms with E-state index in [2.05, 4.69) is 5.32 Å². The Bertz CT molecular complexity index is 776. The Morgan fingerprint density at radius 1 is 1.14 bits per heavy atom. The van der Waals surface area contributed by atoms with Crippen LogP contribution in [0.15, 0.2) is 24.3 Å². The average Bonchev–Trinajstić information content (AvgIpc) is 2.75. The van der Waals surface area contributed by atoms with Crippen LogP contribution in [0, 0.1) is 5.92 Å². The molecule has 1 unspecified atom stereocenters. The van der Waals surface area contributed by atoms with E-state index in [0.29, 0.717) is 30.9 Å². The van der Waals surface area contributed by atoms with Crippen LogP contribution >= 0.6 is 0 Å². The lowest BCUT2D eigenvalue weighted by Crippen LogP contribution is -2.51. The first-order chi connectivity index (χ1) is 14.0. The number of nitrogens with one attached hydrogen (secondary N) is 1. The number of carbonyl (C=O) groups excluding carboxylic acids is 1. The van der Waals surface area contributed by atoms with Gasteiger partial charge in [0.25, 0.3) is 0 Å². The molecule has 1 aromatic rings. The van der Waals surface area contributed by atoms with Crippen molar-refractivity contribution in [1.82, 2.24) is 9.62 Å². The number of benzene rings is 1. The van der Waals surface area contributed by atoms with Gasteiger partial charge in [-0.3, -0.25) is 9.10 Å². The van der Waals surface area contributed by atoms with Crippen molar-refractivity contribution in [2.45, 2.75) is 57.9 Å². The maximum Gasteiger partial charge on any atom is 0.304 e. The average molecular weight is 424 g/mol. The predicted octanol–water partition coefficient (Wildman–Crippen LogP) is 2.93. The van der Waals surface area contributed by atoms with Gasteiger partial charge in [0.15, 0.2) is 0 Å². The predicted molar refractivity (Wildman–Crippen MR) is 114 cm³/mol. The third-order valence-corrected chi connectivity index (χ3v) is 7.97. The van der Waals surface area contributed by atoms with Crippen LogP contribution < -0.4 is 14.4 Å². The van der Waals surface area contributed by atoms with Crippen LogP contribution in [0.4, 0.5) is 5.69 Å². The number of hydrogen-bond donors (Lipinski definition) is 1. The quantitative estimate of drug-likeness (QED) is 0.731. The molecule has 1 heterocycles. The summed E-state index contributed by atoms with van der Waals surface area (Å²) < 4.78 is 34.7. The summed E-state index contributed by atoms with van der Waals surface area (Å²) in [5.41, 5.74) is 0.599. The number of amides is 1. The second-order valence-corrected chi connectivity index (χ2v) is 9.76. The van der Waals surface area contributed by atoms with Gasteiger partial charge in [0.1, 0.15) is 5.75 Å². The monoisotopic (exact) mass is 423 g/mol. The molecule has 1 amide bonds. The second-order valence-electron chi connectivity index (χ2n) is 7.91. The van der Waals surface area contributed by atoms with Crippen molar-refractivity contribution >= 4 is 21.8 Å². The number of ether oxygens (including phenoxy) is 1. The van der Waals surface area contributed by atoms with Crippen LogP contribution in [-0.2, 0) is 15.0 Å². The minimum Gasteiger partial charge on any atom is -0.497 e. The number of piperidine rings is 1. The molecule has 1 aromatic carbocycles. The lowest BCUT2D eigenvalue weighted by molar-refractivity contribution is -0.127. The van der Waals surface area contributed by atoms with E-state index in [-0.39, 0.29) is 24.4 Å². The number of methoxy groups -OCH3 is 1. The second kappa shape index (κ2) is 9.80. The van der Waals surface area contributed by atoms with Crippen LogP contribution in [0.1, 0.15) is 51.9 Å². The van der Waals surface area contributed by atoms with Gasteiger partial charge in [-0.25, -0.2) is 0 Å². The molecule has 1 saturated carbocycles. The third kappa shape index (κ3) is 5.22. The molecule has 0 bridgehead atoms. The van der Waals surface area contributed by atoms with Gasteiger partial charge in [-0.05, 0) is 56.9 Å². The summed E-state index contributed by atoms with van der Waals surface area (Å²) in [7, 11) is -2.12. The Balaban J connectivity index is 1.68. The Kier molecular flexibility index (Phi) is 7.40. The van der Waals surface area contributed by atoms with E-state index >= 15 is 0 Å². The highest BCUT2D eigenvalue weighted by molar-refractivity contribution is 7.90. The maximum absolute atomic E-state index is 13.3. The minimum absolute atomic E-state index is 0.00398. The molecular weight excluding hydrogens is 390 g/mol. The van der Waals surface area contributed by atoms with Gasteiger partial charge in [0.05, 0.1) is 18.7 Å². The highest BCUT2D eigenvalue weighted by atomic mass is 32.2. The molecular formula is C21H33N3O4S. The van der Waals surface area contributed by atoms with Crippen LogP contribution in [-0.4, -0.2) is 51.4 Å². The maximum atomic E-state index is 13.3. The van der Waals surface area contributed by atoms with E-state index in [1.165, 1.54) is 15.0 Å². The first-order valence-electron chi connectivity index (χ1n) is 10.7. The highest BCUT2D eigenvalue weighted by Gasteiger charge is 2.36. The molecule has 1 aliphatic heterocycles. The SMILES string of the molecule is CCN(c1ccc(OC)cc1)S(=O)(=O)N1CCCC(C(=O)NC2CCCCC2)C1. The topological polar surface area (TPSA) is 79.0 Å². The molecule has 8 heteroatoms. The molecule has 1 atom stereocenters. The van der Waals surface area contributed by atoms with Crippen molar-refractivity contribution in [1.29, 1.82) is 0 Å². The van der Waals surface area contributed by atoms with E-state index in [4.69, 9.17) is 4.74 Å². The fourth-order valence-corrected chi connectivity index (χ4v) is 6.02. The number of nitrogens with zero attached hydrogens (tertiary/aromatic N) is 2. The number of rotatable bonds is 7. The molecule has 0 aromatic heterocycles. The highest BCUT2D eigenvalue weighted by Crippen LogP contribution is 2.27. The molecule has 0 spiro atoms. The normalized spacial score (nSPS) is 21.5. The lowest BCUT2D eigenvalue weighted by atomic mass is 9.93. The van der Waals surface area contributed by atoms with E-state index in [1.54, 1.807) is 31.4 Å². The van der Waals surface area contributed by atoms with Crippen LogP contribution in [0.3, 0.4) is 0 Å². The molecule has 1 saturated heterocycles. The van der Waals surface area contributed by atoms with Crippen molar-refractivity contribution < 1.29 is 17.9 Å². The molecule has 29 heavy (non-hydrogen) atoms. The third-order valence-electron chi connectivity index (χ3n) is 5.96. The van der Waals surface area contributed by atoms with Crippen molar-refractivity contribution in [2.24, 2.45) is 5.92 Å². The van der Waals surface area contributed by atoms with E-state index in [9.17, 15) is 13.2 Å². The lowest BCUT2D eigenvalue weighted by Gasteiger charge is -2.36. The first-order valence-corrected chi connectivity index (χ1v) is 12.1. The van der Waals surface area contributed by atoms with Gasteiger partial charge in [-0.2, -0.15) is 12.7 Å². The molecule has 7 nitrogen and oxygen atoms in total. The Labute approximate surface area is 174 Å². The zero-order valence-electron chi connectivity index (χ0n) is 17.5. The Hall–Kier alpha value is -1.80. The van der Waals surface area contributed by atoms with Gasteiger partial charge in [0, 0.05) is 25.7 Å². The van der Waals surface area contributed by atoms with Gasteiger partial charge in [0.2, 0.25) is 5.91 Å². The smallest absolute Gasteiger partial charge is 0.304 e. The zero-order valence-corrected chi connectivity index (χ0v) is 18.3. The summed E-state index contributed by atoms with van der Waals surface area (Å²) >= 11 is 0. The molecule has 2 aliphatic rings. The first kappa shape index (κ1) is 21.9. The summed E-state index contributed by atoms with van der Waals surface area (Å²) in [5.74, 6) is 0.402. The molecule has 2 fully saturated rings. The fourth-order valence-electron chi connectivity index (χ4n) is 4.30. The molecule has 0 radical (unpaired) electrons. The van der Waals surface area contributed by atoms with Crippen molar-refractivity contribution in [3.63, 3.8) is 0 Å². The standard InChI is InChI=1S/C21H33N3O4S/c1-3-24(19-11-13-20(28-2)14-12-19)29(26,27)23-15-7-8-17(16-23)21(25)22-18-9-5-4-6-10-18/h11-14,17-18H,3-10,15-16H2,1-2H3,(H,22,25). The van der Waals surface area contributed by atoms with Gasteiger partial charge in [-0.1, -0.05) is 19.3 Å². The van der Waals surface area contributed by atoms with E-state index < -0.39 is 10.2 Å². The van der Waals surface area contributed by atoms with E-state index in [0.717, 1.165) is 32.1 Å². The Morgan fingerprint density at radius 2 is 1.83 bits per heavy atom. The summed E-state index contributed by atoms with van der Waals surface area (Å²) in [6.45, 7) is 2.83. The summed E-state index contributed by atoms with van der Waals surface area (Å²) in [6.07, 6.45) is 7.04. The van der Waals surface area contributed by atoms with Gasteiger partial charge < -0.3 is 10.1 Å². The number of carbonyl (C=O) groups is 1. The summed E-state index contributed by atoms with van der Waals surface area (Å²) in [6, 6.07) is 7.25. The number of hydrogen-bond acceptors (Lipinski definition) is 4. The van der Waals surface area contributed by atoms with Crippen molar-refractivity contribution in [3.05, 3.63) is 24.3 Å². The molecule has 1 aliphatic carbocycles. The summed E-state index contributed by atoms with van der Waals surface area (Å²) in [5, 5.41) is 3.16. The minimum atomic E-state index is -3.70. The molecule has 162 valence electrons. The fraction of sp³-hybridized carbons (Fsp3) is 0.667. The van der Waals surface area contributed by atoms with Gasteiger partial charge in [-0.15, -0.1) is 0 Å². The van der Waals surface area contributed by atoms with Gasteiger partial charge >= 0.3 is 10.2 Å². The van der Waals surface area contributed by atoms with Crippen molar-refractivity contribution in [2.75, 3.05) is 31.0 Å². The number of anilines is 1. The van der Waals surface area contributed by atoms with Crippen LogP contribution in [0.2, 0.25) is 0 Å². The molecule has 1 N–H and O–H groups in total. The molecule has 3 rings (SSSR count). The zero-order chi connectivity index (χ0) is 20.9. The van der Waals surface area contributed by atoms with Crippen LogP contribution in [0.25, 0.3) is 0 Å². The largest absolute Gasteiger partial charge is 0.497 e. The van der Waals surface area contributed by atoms with Crippen molar-refractivity contribution in [3.8, 4) is 5.75 Å². The summed E-state index contributed by atoms with van der Waals surface area (Å²) in [4.78, 5) is 12.8. The Morgan fingerprint density at radius 3 is 2.45 bits per heavy atom. The van der Waals surface area contributed by atoms with E-state index in [1.807, 2.05) is 6.92 Å². The van der Waals surface area contributed by atoms with Crippen LogP contribution in [0.5, 0.6) is 5.75 Å².